The van der Waals surface area contributed by atoms with Gasteiger partial charge in [0.25, 0.3) is 0 Å². The molecular formula is C18H28F3IN4S. The Balaban J connectivity index is 0.00000364. The normalized spacial score (nSPS) is 16.0. The quantitative estimate of drug-likeness (QED) is 0.226. The summed E-state index contributed by atoms with van der Waals surface area (Å²) in [6.45, 7) is 0.914. The van der Waals surface area contributed by atoms with Gasteiger partial charge in [0.1, 0.15) is 0 Å². The molecule has 9 heteroatoms. The summed E-state index contributed by atoms with van der Waals surface area (Å²) in [6.07, 6.45) is -1.19. The summed E-state index contributed by atoms with van der Waals surface area (Å²) >= 11 is 1.89. The highest BCUT2D eigenvalue weighted by Crippen LogP contribution is 2.51. The zero-order valence-electron chi connectivity index (χ0n) is 15.7. The minimum atomic E-state index is -4.14. The molecule has 1 fully saturated rings. The van der Waals surface area contributed by atoms with Gasteiger partial charge in [0.2, 0.25) is 0 Å². The molecule has 2 rings (SSSR count). The van der Waals surface area contributed by atoms with Crippen molar-refractivity contribution in [1.82, 2.24) is 15.5 Å². The van der Waals surface area contributed by atoms with Gasteiger partial charge in [0, 0.05) is 29.8 Å². The summed E-state index contributed by atoms with van der Waals surface area (Å²) in [5.41, 5.74) is 0. The molecule has 0 atom stereocenters. The summed E-state index contributed by atoms with van der Waals surface area (Å²) in [5.74, 6) is 0.698. The summed E-state index contributed by atoms with van der Waals surface area (Å²) in [4.78, 5) is 6.75. The Morgan fingerprint density at radius 3 is 2.44 bits per heavy atom. The number of thioether (sulfide) groups is 1. The molecular weight excluding hydrogens is 488 g/mol. The van der Waals surface area contributed by atoms with Crippen LogP contribution < -0.4 is 10.6 Å². The molecule has 1 saturated carbocycles. The zero-order valence-corrected chi connectivity index (χ0v) is 18.8. The van der Waals surface area contributed by atoms with Crippen LogP contribution in [0, 0.1) is 0 Å². The van der Waals surface area contributed by atoms with E-state index in [1.807, 2.05) is 30.0 Å². The number of alkyl halides is 3. The fraction of sp³-hybridized carbons (Fsp3) is 0.611. The van der Waals surface area contributed by atoms with Crippen molar-refractivity contribution in [2.45, 2.75) is 35.1 Å². The van der Waals surface area contributed by atoms with E-state index in [-0.39, 0.29) is 28.7 Å². The van der Waals surface area contributed by atoms with Crippen molar-refractivity contribution in [3.8, 4) is 0 Å². The molecule has 1 aromatic carbocycles. The Morgan fingerprint density at radius 1 is 1.22 bits per heavy atom. The van der Waals surface area contributed by atoms with E-state index in [0.29, 0.717) is 25.5 Å². The van der Waals surface area contributed by atoms with Crippen LogP contribution in [0.5, 0.6) is 0 Å². The first-order valence-electron chi connectivity index (χ1n) is 8.76. The van der Waals surface area contributed by atoms with Crippen LogP contribution in [0.2, 0.25) is 0 Å². The molecule has 27 heavy (non-hydrogen) atoms. The molecule has 1 aromatic rings. The molecule has 0 spiro atoms. The van der Waals surface area contributed by atoms with Crippen molar-refractivity contribution in [3.63, 3.8) is 0 Å². The number of guanidine groups is 1. The molecule has 0 aromatic heterocycles. The van der Waals surface area contributed by atoms with Crippen molar-refractivity contribution in [1.29, 1.82) is 0 Å². The average Bonchev–Trinajstić information content (AvgIpc) is 3.33. The second-order valence-corrected chi connectivity index (χ2v) is 8.20. The second-order valence-electron chi connectivity index (χ2n) is 6.66. The number of halogens is 4. The maximum atomic E-state index is 12.3. The summed E-state index contributed by atoms with van der Waals surface area (Å²) in [6, 6.07) is 10.3. The van der Waals surface area contributed by atoms with Crippen LogP contribution in [0.4, 0.5) is 13.2 Å². The van der Waals surface area contributed by atoms with E-state index in [4.69, 9.17) is 0 Å². The number of aliphatic imine (C=N–C) groups is 1. The predicted molar refractivity (Wildman–Crippen MR) is 117 cm³/mol. The first-order valence-corrected chi connectivity index (χ1v) is 9.57. The lowest BCUT2D eigenvalue weighted by Crippen LogP contribution is -2.42. The van der Waals surface area contributed by atoms with Gasteiger partial charge in [-0.25, -0.2) is 0 Å². The van der Waals surface area contributed by atoms with Crippen LogP contribution in [0.15, 0.2) is 40.2 Å². The maximum absolute atomic E-state index is 12.3. The van der Waals surface area contributed by atoms with Gasteiger partial charge >= 0.3 is 6.18 Å². The minimum Gasteiger partial charge on any atom is -0.356 e. The fourth-order valence-corrected chi connectivity index (χ4v) is 3.84. The van der Waals surface area contributed by atoms with E-state index >= 15 is 0 Å². The number of benzene rings is 1. The van der Waals surface area contributed by atoms with Crippen LogP contribution >= 0.6 is 35.7 Å². The van der Waals surface area contributed by atoms with Gasteiger partial charge in [-0.2, -0.15) is 13.2 Å². The van der Waals surface area contributed by atoms with Crippen LogP contribution in [-0.2, 0) is 0 Å². The smallest absolute Gasteiger partial charge is 0.356 e. The van der Waals surface area contributed by atoms with Gasteiger partial charge in [-0.3, -0.25) is 9.89 Å². The Hall–Kier alpha value is -0.680. The molecule has 0 radical (unpaired) electrons. The third kappa shape index (κ3) is 9.89. The minimum absolute atomic E-state index is 0. The number of hydrogen-bond acceptors (Lipinski definition) is 3. The van der Waals surface area contributed by atoms with Gasteiger partial charge in [-0.05, 0) is 45.0 Å². The van der Waals surface area contributed by atoms with Gasteiger partial charge in [-0.15, -0.1) is 35.7 Å². The van der Waals surface area contributed by atoms with Crippen molar-refractivity contribution in [2.24, 2.45) is 4.99 Å². The molecule has 0 saturated heterocycles. The average molecular weight is 516 g/mol. The van der Waals surface area contributed by atoms with E-state index in [9.17, 15) is 13.2 Å². The lowest BCUT2D eigenvalue weighted by atomic mass is 10.3. The molecule has 0 bridgehead atoms. The van der Waals surface area contributed by atoms with Crippen LogP contribution in [-0.4, -0.2) is 62.1 Å². The summed E-state index contributed by atoms with van der Waals surface area (Å²) in [7, 11) is 3.19. The van der Waals surface area contributed by atoms with E-state index in [1.165, 1.54) is 29.7 Å². The first kappa shape index (κ1) is 24.4. The van der Waals surface area contributed by atoms with Crippen LogP contribution in [0.3, 0.4) is 0 Å². The van der Waals surface area contributed by atoms with Crippen molar-refractivity contribution in [3.05, 3.63) is 30.3 Å². The number of nitrogens with zero attached hydrogens (tertiary/aromatic N) is 2. The highest BCUT2D eigenvalue weighted by atomic mass is 127. The van der Waals surface area contributed by atoms with Crippen molar-refractivity contribution >= 4 is 41.7 Å². The van der Waals surface area contributed by atoms with Crippen molar-refractivity contribution < 1.29 is 13.2 Å². The lowest BCUT2D eigenvalue weighted by molar-refractivity contribution is -0.143. The number of rotatable bonds is 9. The largest absolute Gasteiger partial charge is 0.401 e. The van der Waals surface area contributed by atoms with E-state index < -0.39 is 12.7 Å². The van der Waals surface area contributed by atoms with E-state index in [1.54, 1.807) is 7.05 Å². The second kappa shape index (κ2) is 11.4. The van der Waals surface area contributed by atoms with Crippen LogP contribution in [0.1, 0.15) is 19.3 Å². The number of hydrogen-bond donors (Lipinski definition) is 2. The molecule has 0 unspecified atom stereocenters. The van der Waals surface area contributed by atoms with Crippen LogP contribution in [0.25, 0.3) is 0 Å². The van der Waals surface area contributed by atoms with Crippen molar-refractivity contribution in [2.75, 3.05) is 40.3 Å². The zero-order chi connectivity index (χ0) is 19.0. The standard InChI is InChI=1S/C18H27F3N4S.HI/c1-22-16(23-11-6-12-25(2)14-18(19,20)21)24-13-17(9-10-17)26-15-7-4-3-5-8-15;/h3-5,7-8H,6,9-14H2,1-2H3,(H2,22,23,24);1H. The first-order chi connectivity index (χ1) is 12.3. The van der Waals surface area contributed by atoms with Gasteiger partial charge in [0.05, 0.1) is 6.54 Å². The Morgan fingerprint density at radius 2 is 1.89 bits per heavy atom. The fourth-order valence-electron chi connectivity index (χ4n) is 2.60. The Labute approximate surface area is 180 Å². The SMILES string of the molecule is CN=C(NCCCN(C)CC(F)(F)F)NCC1(Sc2ccccc2)CC1.I. The van der Waals surface area contributed by atoms with E-state index in [0.717, 1.165) is 6.54 Å². The molecule has 1 aliphatic rings. The molecule has 0 aliphatic heterocycles. The Kier molecular flexibility index (Phi) is 10.2. The topological polar surface area (TPSA) is 39.7 Å². The lowest BCUT2D eigenvalue weighted by Gasteiger charge is -2.20. The van der Waals surface area contributed by atoms with Gasteiger partial charge < -0.3 is 10.6 Å². The molecule has 2 N–H and O–H groups in total. The van der Waals surface area contributed by atoms with Gasteiger partial charge in [0.15, 0.2) is 5.96 Å². The third-order valence-electron chi connectivity index (χ3n) is 4.15. The summed E-state index contributed by atoms with van der Waals surface area (Å²) < 4.78 is 37.1. The van der Waals surface area contributed by atoms with Gasteiger partial charge in [-0.1, -0.05) is 18.2 Å². The molecule has 1 aliphatic carbocycles. The predicted octanol–water partition coefficient (Wildman–Crippen LogP) is 3.98. The van der Waals surface area contributed by atoms with E-state index in [2.05, 4.69) is 27.8 Å². The maximum Gasteiger partial charge on any atom is 0.401 e. The summed E-state index contributed by atoms with van der Waals surface area (Å²) in [5, 5.41) is 6.52. The highest BCUT2D eigenvalue weighted by Gasteiger charge is 2.43. The third-order valence-corrected chi connectivity index (χ3v) is 5.64. The molecule has 4 nitrogen and oxygen atoms in total. The molecule has 154 valence electrons. The molecule has 0 heterocycles. The number of nitrogens with one attached hydrogen (secondary N) is 2. The highest BCUT2D eigenvalue weighted by molar-refractivity contribution is 14.0. The molecule has 0 amide bonds. The monoisotopic (exact) mass is 516 g/mol. The Bertz CT molecular complexity index is 580.